The van der Waals surface area contributed by atoms with Crippen LogP contribution in [-0.2, 0) is 0 Å². The third-order valence-corrected chi connectivity index (χ3v) is 2.31. The Kier molecular flexibility index (Phi) is 4.10. The Labute approximate surface area is 84.8 Å². The van der Waals surface area contributed by atoms with Crippen LogP contribution >= 0.6 is 22.6 Å². The summed E-state index contributed by atoms with van der Waals surface area (Å²) < 4.78 is 58.7. The molecule has 1 unspecified atom stereocenters. The number of rotatable bonds is 2. The standard InChI is InChI=1S/C6H6F5IO/c1-3(13)4(12)2-5(7,8)6(9,10)11/h2-3,13H,1H3. The molecule has 0 spiro atoms. The number of allylic oxidation sites excluding steroid dienone is 1. The summed E-state index contributed by atoms with van der Waals surface area (Å²) in [6, 6.07) is 0. The normalized spacial score (nSPS) is 17.4. The monoisotopic (exact) mass is 316 g/mol. The lowest BCUT2D eigenvalue weighted by Gasteiger charge is -2.16. The van der Waals surface area contributed by atoms with Gasteiger partial charge in [-0.3, -0.25) is 0 Å². The molecule has 13 heavy (non-hydrogen) atoms. The largest absolute Gasteiger partial charge is 0.457 e. The second-order valence-corrected chi connectivity index (χ2v) is 3.57. The smallest absolute Gasteiger partial charge is 0.388 e. The molecule has 0 aromatic heterocycles. The molecule has 0 rings (SSSR count). The van der Waals surface area contributed by atoms with E-state index in [4.69, 9.17) is 5.11 Å². The number of hydrogen-bond donors (Lipinski definition) is 1. The quantitative estimate of drug-likeness (QED) is 0.613. The Bertz CT molecular complexity index is 208. The predicted molar refractivity (Wildman–Crippen MR) is 44.8 cm³/mol. The molecule has 0 aliphatic rings. The van der Waals surface area contributed by atoms with E-state index < -0.39 is 21.8 Å². The van der Waals surface area contributed by atoms with Crippen LogP contribution in [-0.4, -0.2) is 23.3 Å². The van der Waals surface area contributed by atoms with Gasteiger partial charge in [-0.25, -0.2) is 0 Å². The van der Waals surface area contributed by atoms with E-state index in [1.54, 1.807) is 0 Å². The predicted octanol–water partition coefficient (Wildman–Crippen LogP) is 2.88. The summed E-state index contributed by atoms with van der Waals surface area (Å²) in [7, 11) is 0. The minimum Gasteiger partial charge on any atom is -0.388 e. The Morgan fingerprint density at radius 3 is 1.92 bits per heavy atom. The molecule has 0 heterocycles. The highest BCUT2D eigenvalue weighted by atomic mass is 127. The van der Waals surface area contributed by atoms with Crippen molar-refractivity contribution in [1.82, 2.24) is 0 Å². The fourth-order valence-electron chi connectivity index (χ4n) is 0.376. The van der Waals surface area contributed by atoms with Gasteiger partial charge in [-0.15, -0.1) is 0 Å². The van der Waals surface area contributed by atoms with E-state index in [0.717, 1.165) is 6.92 Å². The van der Waals surface area contributed by atoms with Gasteiger partial charge in [0.15, 0.2) is 0 Å². The zero-order valence-corrected chi connectivity index (χ0v) is 8.53. The zero-order valence-electron chi connectivity index (χ0n) is 6.37. The Balaban J connectivity index is 4.78. The molecule has 0 saturated carbocycles. The first kappa shape index (κ1) is 13.1. The SMILES string of the molecule is CC(O)C(I)=CC(F)(F)C(F)(F)F. The van der Waals surface area contributed by atoms with Crippen LogP contribution < -0.4 is 0 Å². The first-order chi connectivity index (χ1) is 5.58. The van der Waals surface area contributed by atoms with Gasteiger partial charge in [0.05, 0.1) is 6.10 Å². The van der Waals surface area contributed by atoms with E-state index >= 15 is 0 Å². The first-order valence-electron chi connectivity index (χ1n) is 3.09. The van der Waals surface area contributed by atoms with Crippen LogP contribution in [0.3, 0.4) is 0 Å². The van der Waals surface area contributed by atoms with Gasteiger partial charge in [-0.1, -0.05) is 0 Å². The summed E-state index contributed by atoms with van der Waals surface area (Å²) in [6.07, 6.45) is -7.23. The Morgan fingerprint density at radius 1 is 1.31 bits per heavy atom. The summed E-state index contributed by atoms with van der Waals surface area (Å²) in [5.41, 5.74) is 0. The van der Waals surface area contributed by atoms with Crippen molar-refractivity contribution in [2.45, 2.75) is 25.1 Å². The third kappa shape index (κ3) is 3.75. The van der Waals surface area contributed by atoms with Gasteiger partial charge in [0.1, 0.15) is 0 Å². The number of hydrogen-bond acceptors (Lipinski definition) is 1. The second kappa shape index (κ2) is 4.07. The van der Waals surface area contributed by atoms with Gasteiger partial charge in [-0.2, -0.15) is 22.0 Å². The van der Waals surface area contributed by atoms with Crippen molar-refractivity contribution < 1.29 is 27.1 Å². The summed E-state index contributed by atoms with van der Waals surface area (Å²) in [5, 5.41) is 8.67. The summed E-state index contributed by atoms with van der Waals surface area (Å²) in [6.45, 7) is 1.10. The molecule has 0 radical (unpaired) electrons. The maximum atomic E-state index is 12.2. The Hall–Kier alpha value is 0.0800. The first-order valence-corrected chi connectivity index (χ1v) is 4.16. The molecule has 7 heteroatoms. The van der Waals surface area contributed by atoms with Crippen molar-refractivity contribution in [2.24, 2.45) is 0 Å². The molecular weight excluding hydrogens is 310 g/mol. The number of aliphatic hydroxyl groups is 1. The van der Waals surface area contributed by atoms with E-state index in [1.165, 1.54) is 22.6 Å². The summed E-state index contributed by atoms with van der Waals surface area (Å²) in [5.74, 6) is -4.89. The average molecular weight is 316 g/mol. The molecular formula is C6H6F5IO. The van der Waals surface area contributed by atoms with Gasteiger partial charge in [0.2, 0.25) is 0 Å². The molecule has 0 bridgehead atoms. The van der Waals surface area contributed by atoms with Crippen LogP contribution in [0.1, 0.15) is 6.92 Å². The van der Waals surface area contributed by atoms with Crippen molar-refractivity contribution in [2.75, 3.05) is 0 Å². The molecule has 0 aromatic carbocycles. The summed E-state index contributed by atoms with van der Waals surface area (Å²) >= 11 is 1.23. The maximum absolute atomic E-state index is 12.2. The van der Waals surface area contributed by atoms with Gasteiger partial charge < -0.3 is 5.11 Å². The highest BCUT2D eigenvalue weighted by Gasteiger charge is 2.55. The Morgan fingerprint density at radius 2 is 1.69 bits per heavy atom. The zero-order chi connectivity index (χ0) is 10.9. The molecule has 1 atom stereocenters. The number of halogens is 6. The van der Waals surface area contributed by atoms with Crippen LogP contribution in [0.5, 0.6) is 0 Å². The highest BCUT2D eigenvalue weighted by Crippen LogP contribution is 2.38. The summed E-state index contributed by atoms with van der Waals surface area (Å²) in [4.78, 5) is 0. The van der Waals surface area contributed by atoms with Gasteiger partial charge in [-0.05, 0) is 29.5 Å². The molecule has 1 nitrogen and oxygen atoms in total. The molecule has 0 aromatic rings. The van der Waals surface area contributed by atoms with E-state index in [1.807, 2.05) is 0 Å². The van der Waals surface area contributed by atoms with Crippen molar-refractivity contribution in [3.8, 4) is 0 Å². The van der Waals surface area contributed by atoms with Crippen LogP contribution in [0.2, 0.25) is 0 Å². The third-order valence-electron chi connectivity index (χ3n) is 1.10. The fourth-order valence-corrected chi connectivity index (χ4v) is 0.767. The van der Waals surface area contributed by atoms with Crippen LogP contribution in [0, 0.1) is 0 Å². The van der Waals surface area contributed by atoms with Crippen LogP contribution in [0.15, 0.2) is 9.66 Å². The number of aliphatic hydroxyl groups excluding tert-OH is 1. The van der Waals surface area contributed by atoms with Gasteiger partial charge in [0, 0.05) is 9.66 Å². The molecule has 1 N–H and O–H groups in total. The van der Waals surface area contributed by atoms with Crippen molar-refractivity contribution in [3.63, 3.8) is 0 Å². The maximum Gasteiger partial charge on any atom is 0.457 e. The molecule has 0 saturated heterocycles. The van der Waals surface area contributed by atoms with E-state index in [-0.39, 0.29) is 6.08 Å². The lowest BCUT2D eigenvalue weighted by atomic mass is 10.2. The lowest BCUT2D eigenvalue weighted by Crippen LogP contribution is -2.34. The van der Waals surface area contributed by atoms with Gasteiger partial charge in [0.25, 0.3) is 0 Å². The van der Waals surface area contributed by atoms with E-state index in [0.29, 0.717) is 0 Å². The van der Waals surface area contributed by atoms with Crippen molar-refractivity contribution in [3.05, 3.63) is 9.66 Å². The fraction of sp³-hybridized carbons (Fsp3) is 0.667. The second-order valence-electron chi connectivity index (χ2n) is 2.33. The van der Waals surface area contributed by atoms with E-state index in [9.17, 15) is 22.0 Å². The topological polar surface area (TPSA) is 20.2 Å². The lowest BCUT2D eigenvalue weighted by molar-refractivity contribution is -0.259. The van der Waals surface area contributed by atoms with Crippen molar-refractivity contribution >= 4 is 22.6 Å². The highest BCUT2D eigenvalue weighted by molar-refractivity contribution is 14.1. The van der Waals surface area contributed by atoms with Crippen LogP contribution in [0.4, 0.5) is 22.0 Å². The molecule has 0 amide bonds. The molecule has 78 valence electrons. The molecule has 0 fully saturated rings. The van der Waals surface area contributed by atoms with E-state index in [2.05, 4.69) is 0 Å². The van der Waals surface area contributed by atoms with Crippen molar-refractivity contribution in [1.29, 1.82) is 0 Å². The van der Waals surface area contributed by atoms with Gasteiger partial charge >= 0.3 is 12.1 Å². The average Bonchev–Trinajstić information content (AvgIpc) is 1.83. The molecule has 0 aliphatic carbocycles. The number of alkyl halides is 5. The molecule has 0 aliphatic heterocycles. The van der Waals surface area contributed by atoms with Crippen LogP contribution in [0.25, 0.3) is 0 Å². The minimum atomic E-state index is -5.61. The minimum absolute atomic E-state index is 0.293.